The van der Waals surface area contributed by atoms with Gasteiger partial charge in [-0.05, 0) is 39.5 Å². The summed E-state index contributed by atoms with van der Waals surface area (Å²) < 4.78 is 7.41. The molecule has 1 aliphatic rings. The highest BCUT2D eigenvalue weighted by atomic mass is 16.5. The lowest BCUT2D eigenvalue weighted by molar-refractivity contribution is -0.141. The minimum atomic E-state index is -0.819. The Morgan fingerprint density at radius 1 is 1.35 bits per heavy atom. The predicted molar refractivity (Wildman–Crippen MR) is 84.4 cm³/mol. The van der Waals surface area contributed by atoms with Gasteiger partial charge in [-0.3, -0.25) is 14.3 Å². The molecular weight excluding hydrogens is 298 g/mol. The van der Waals surface area contributed by atoms with Crippen molar-refractivity contribution in [1.29, 1.82) is 0 Å². The molecule has 1 fully saturated rings. The van der Waals surface area contributed by atoms with Gasteiger partial charge in [-0.1, -0.05) is 0 Å². The van der Waals surface area contributed by atoms with Gasteiger partial charge in [-0.15, -0.1) is 0 Å². The van der Waals surface area contributed by atoms with Gasteiger partial charge in [0.25, 0.3) is 5.91 Å². The maximum Gasteiger partial charge on any atom is 0.303 e. The van der Waals surface area contributed by atoms with E-state index in [0.717, 1.165) is 30.7 Å². The van der Waals surface area contributed by atoms with E-state index < -0.39 is 5.97 Å². The lowest BCUT2D eigenvalue weighted by Crippen LogP contribution is -2.46. The van der Waals surface area contributed by atoms with Crippen LogP contribution in [0.3, 0.4) is 0 Å². The second kappa shape index (κ2) is 7.48. The Morgan fingerprint density at radius 3 is 2.70 bits per heavy atom. The van der Waals surface area contributed by atoms with Gasteiger partial charge < -0.3 is 14.7 Å². The van der Waals surface area contributed by atoms with Gasteiger partial charge in [0.15, 0.2) is 12.4 Å². The fourth-order valence-electron chi connectivity index (χ4n) is 3.10. The van der Waals surface area contributed by atoms with Gasteiger partial charge in [-0.25, -0.2) is 0 Å². The standard InChI is InChI=1S/C16H25N3O4/c1-11-16(12(2)18(3)17-11)23-10-14(20)19-9-5-4-6-13(19)7-8-15(21)22/h13H,4-10H2,1-3H3,(H,21,22)/t13-/m1/s1. The minimum absolute atomic E-state index is 0.00652. The fraction of sp³-hybridized carbons (Fsp3) is 0.688. The molecule has 1 atom stereocenters. The summed E-state index contributed by atoms with van der Waals surface area (Å²) in [5.74, 6) is -0.247. The van der Waals surface area contributed by atoms with Crippen LogP contribution in [0.15, 0.2) is 0 Å². The van der Waals surface area contributed by atoms with Crippen molar-refractivity contribution in [2.45, 2.75) is 52.0 Å². The highest BCUT2D eigenvalue weighted by Gasteiger charge is 2.27. The molecule has 1 aromatic heterocycles. The SMILES string of the molecule is Cc1nn(C)c(C)c1OCC(=O)N1CCCC[C@@H]1CCC(=O)O. The largest absolute Gasteiger partial charge is 0.481 e. The number of carbonyl (C=O) groups is 2. The zero-order chi connectivity index (χ0) is 17.0. The lowest BCUT2D eigenvalue weighted by Gasteiger charge is -2.35. The minimum Gasteiger partial charge on any atom is -0.481 e. The fourth-order valence-corrected chi connectivity index (χ4v) is 3.10. The zero-order valence-electron chi connectivity index (χ0n) is 14.0. The van der Waals surface area contributed by atoms with E-state index in [9.17, 15) is 9.59 Å². The quantitative estimate of drug-likeness (QED) is 0.860. The molecule has 1 aromatic rings. The second-order valence-corrected chi connectivity index (χ2v) is 6.08. The van der Waals surface area contributed by atoms with Crippen LogP contribution in [0, 0.1) is 13.8 Å². The van der Waals surface area contributed by atoms with Crippen molar-refractivity contribution in [2.24, 2.45) is 7.05 Å². The summed E-state index contributed by atoms with van der Waals surface area (Å²) >= 11 is 0. The summed E-state index contributed by atoms with van der Waals surface area (Å²) in [4.78, 5) is 25.0. The number of nitrogens with zero attached hydrogens (tertiary/aromatic N) is 3. The van der Waals surface area contributed by atoms with Crippen molar-refractivity contribution in [3.8, 4) is 5.75 Å². The number of likely N-dealkylation sites (tertiary alicyclic amines) is 1. The molecule has 7 nitrogen and oxygen atoms in total. The number of aromatic nitrogens is 2. The van der Waals surface area contributed by atoms with Crippen molar-refractivity contribution >= 4 is 11.9 Å². The van der Waals surface area contributed by atoms with Crippen LogP contribution in [-0.2, 0) is 16.6 Å². The molecule has 0 unspecified atom stereocenters. The molecule has 1 saturated heterocycles. The molecule has 1 aliphatic heterocycles. The average Bonchev–Trinajstić information content (AvgIpc) is 2.76. The number of ether oxygens (including phenoxy) is 1. The summed E-state index contributed by atoms with van der Waals surface area (Å²) in [5, 5.41) is 13.1. The third kappa shape index (κ3) is 4.24. The zero-order valence-corrected chi connectivity index (χ0v) is 14.0. The Bertz CT molecular complexity index is 582. The van der Waals surface area contributed by atoms with Crippen molar-refractivity contribution < 1.29 is 19.4 Å². The van der Waals surface area contributed by atoms with Gasteiger partial charge in [0.05, 0.1) is 5.69 Å². The van der Waals surface area contributed by atoms with E-state index in [1.807, 2.05) is 20.9 Å². The number of carbonyl (C=O) groups excluding carboxylic acids is 1. The van der Waals surface area contributed by atoms with E-state index in [0.29, 0.717) is 18.7 Å². The summed E-state index contributed by atoms with van der Waals surface area (Å²) in [6.45, 7) is 4.40. The summed E-state index contributed by atoms with van der Waals surface area (Å²) in [6, 6.07) is 0.00652. The van der Waals surface area contributed by atoms with Gasteiger partial charge in [-0.2, -0.15) is 5.10 Å². The molecule has 0 spiro atoms. The van der Waals surface area contributed by atoms with Gasteiger partial charge >= 0.3 is 5.97 Å². The molecule has 128 valence electrons. The Hall–Kier alpha value is -2.05. The third-order valence-corrected chi connectivity index (χ3v) is 4.42. The van der Waals surface area contributed by atoms with Crippen LogP contribution in [0.5, 0.6) is 5.75 Å². The molecule has 0 aromatic carbocycles. The number of aliphatic carboxylic acids is 1. The van der Waals surface area contributed by atoms with Crippen LogP contribution in [0.2, 0.25) is 0 Å². The molecule has 7 heteroatoms. The molecule has 23 heavy (non-hydrogen) atoms. The predicted octanol–water partition coefficient (Wildman–Crippen LogP) is 1.66. The van der Waals surface area contributed by atoms with Crippen molar-refractivity contribution in [3.63, 3.8) is 0 Å². The van der Waals surface area contributed by atoms with E-state index in [2.05, 4.69) is 5.10 Å². The molecule has 0 saturated carbocycles. The summed E-state index contributed by atoms with van der Waals surface area (Å²) in [6.07, 6.45) is 3.46. The second-order valence-electron chi connectivity index (χ2n) is 6.08. The van der Waals surface area contributed by atoms with E-state index in [1.165, 1.54) is 0 Å². The van der Waals surface area contributed by atoms with Crippen LogP contribution >= 0.6 is 0 Å². The normalized spacial score (nSPS) is 18.0. The van der Waals surface area contributed by atoms with Crippen LogP contribution in [-0.4, -0.2) is 50.9 Å². The molecular formula is C16H25N3O4. The number of piperidine rings is 1. The van der Waals surface area contributed by atoms with Crippen molar-refractivity contribution in [3.05, 3.63) is 11.4 Å². The van der Waals surface area contributed by atoms with Crippen molar-refractivity contribution in [2.75, 3.05) is 13.2 Å². The number of rotatable bonds is 6. The van der Waals surface area contributed by atoms with E-state index >= 15 is 0 Å². The Balaban J connectivity index is 1.96. The van der Waals surface area contributed by atoms with Crippen LogP contribution in [0.25, 0.3) is 0 Å². The maximum atomic E-state index is 12.5. The molecule has 2 heterocycles. The molecule has 1 N–H and O–H groups in total. The Labute approximate surface area is 136 Å². The Morgan fingerprint density at radius 2 is 2.09 bits per heavy atom. The molecule has 0 aliphatic carbocycles. The smallest absolute Gasteiger partial charge is 0.303 e. The maximum absolute atomic E-state index is 12.5. The summed E-state index contributed by atoms with van der Waals surface area (Å²) in [7, 11) is 1.84. The first-order valence-electron chi connectivity index (χ1n) is 8.04. The number of hydrogen-bond acceptors (Lipinski definition) is 4. The van der Waals surface area contributed by atoms with Crippen molar-refractivity contribution in [1.82, 2.24) is 14.7 Å². The first-order valence-corrected chi connectivity index (χ1v) is 8.04. The third-order valence-electron chi connectivity index (χ3n) is 4.42. The number of hydrogen-bond donors (Lipinski definition) is 1. The van der Waals surface area contributed by atoms with E-state index in [4.69, 9.17) is 9.84 Å². The molecule has 0 bridgehead atoms. The number of amides is 1. The van der Waals surface area contributed by atoms with Gasteiger partial charge in [0, 0.05) is 26.1 Å². The summed E-state index contributed by atoms with van der Waals surface area (Å²) in [5.41, 5.74) is 1.65. The highest BCUT2D eigenvalue weighted by molar-refractivity contribution is 5.78. The van der Waals surface area contributed by atoms with Gasteiger partial charge in [0.1, 0.15) is 5.69 Å². The number of carboxylic acids is 1. The monoisotopic (exact) mass is 323 g/mol. The first kappa shape index (κ1) is 17.3. The lowest BCUT2D eigenvalue weighted by atomic mass is 9.98. The first-order chi connectivity index (χ1) is 10.9. The molecule has 0 radical (unpaired) electrons. The van der Waals surface area contributed by atoms with Crippen LogP contribution in [0.4, 0.5) is 0 Å². The average molecular weight is 323 g/mol. The molecule has 2 rings (SSSR count). The van der Waals surface area contributed by atoms with Gasteiger partial charge in [0.2, 0.25) is 0 Å². The van der Waals surface area contributed by atoms with E-state index in [1.54, 1.807) is 9.58 Å². The molecule has 1 amide bonds. The van der Waals surface area contributed by atoms with Crippen LogP contribution in [0.1, 0.15) is 43.5 Å². The number of carboxylic acid groups (broad SMARTS) is 1. The van der Waals surface area contributed by atoms with Crippen LogP contribution < -0.4 is 4.74 Å². The number of aryl methyl sites for hydroxylation is 2. The topological polar surface area (TPSA) is 84.7 Å². The highest BCUT2D eigenvalue weighted by Crippen LogP contribution is 2.23. The van der Waals surface area contributed by atoms with E-state index in [-0.39, 0.29) is 25.0 Å². The Kier molecular flexibility index (Phi) is 5.63.